The highest BCUT2D eigenvalue weighted by Gasteiger charge is 2.48. The molecule has 0 aromatic heterocycles. The van der Waals surface area contributed by atoms with E-state index >= 15 is 0 Å². The molecule has 0 fully saturated rings. The maximum Gasteiger partial charge on any atom is 0.362 e. The third kappa shape index (κ3) is 14.2. The van der Waals surface area contributed by atoms with Crippen LogP contribution in [-0.4, -0.2) is 52.4 Å². The molecular weight excluding hydrogens is 361 g/mol. The van der Waals surface area contributed by atoms with Crippen LogP contribution in [0.2, 0.25) is 0 Å². The van der Waals surface area contributed by atoms with E-state index in [1.807, 2.05) is 27.2 Å². The Morgan fingerprint density at radius 2 is 1.30 bits per heavy atom. The molecule has 0 aromatic carbocycles. The van der Waals surface area contributed by atoms with Gasteiger partial charge in [-0.3, -0.25) is 4.57 Å². The molecule has 0 aromatic rings. The molecule has 160 valence electrons. The zero-order valence-electron chi connectivity index (χ0n) is 17.9. The van der Waals surface area contributed by atoms with Gasteiger partial charge in [0.15, 0.2) is 0 Å². The van der Waals surface area contributed by atoms with Gasteiger partial charge in [-0.15, -0.1) is 0 Å². The summed E-state index contributed by atoms with van der Waals surface area (Å²) in [5.74, 6) is 0. The summed E-state index contributed by atoms with van der Waals surface area (Å²) in [6.07, 6.45) is 19.8. The summed E-state index contributed by atoms with van der Waals surface area (Å²) in [5.41, 5.74) is 0. The molecule has 0 bridgehead atoms. The highest BCUT2D eigenvalue weighted by atomic mass is 31.2. The molecule has 0 saturated carbocycles. The van der Waals surface area contributed by atoms with Crippen molar-refractivity contribution in [1.29, 1.82) is 0 Å². The molecule has 0 heterocycles. The normalized spacial score (nSPS) is 15.7. The van der Waals surface area contributed by atoms with Gasteiger partial charge in [-0.1, -0.05) is 56.9 Å². The van der Waals surface area contributed by atoms with Crippen molar-refractivity contribution in [3.63, 3.8) is 0 Å². The van der Waals surface area contributed by atoms with E-state index in [0.29, 0.717) is 10.9 Å². The summed E-state index contributed by atoms with van der Waals surface area (Å²) in [6, 6.07) is 0. The second kappa shape index (κ2) is 13.7. The summed E-state index contributed by atoms with van der Waals surface area (Å²) in [4.78, 5) is 19.1. The standard InChI is InChI=1S/C21H42NO4P/c1-5-6-7-8-9-10-11-12-13-14-15-16-17-18-19-21(23,27(24,25)26)20-22(2,3)4/h11-12,15-16,23H,5-10,13-14,17-20H2,1-4H3,(H-,24,25,26)/p+1/b12-11-,16-15-. The van der Waals surface area contributed by atoms with Crippen molar-refractivity contribution in [2.75, 3.05) is 27.7 Å². The van der Waals surface area contributed by atoms with E-state index in [1.54, 1.807) is 0 Å². The molecule has 0 spiro atoms. The van der Waals surface area contributed by atoms with Gasteiger partial charge in [-0.2, -0.15) is 0 Å². The number of quaternary nitrogens is 1. The van der Waals surface area contributed by atoms with Crippen molar-refractivity contribution in [2.45, 2.75) is 82.9 Å². The number of allylic oxidation sites excluding steroid dienone is 4. The Bertz CT molecular complexity index is 479. The van der Waals surface area contributed by atoms with Gasteiger partial charge >= 0.3 is 7.60 Å². The molecule has 27 heavy (non-hydrogen) atoms. The maximum absolute atomic E-state index is 11.7. The smallest absolute Gasteiger partial charge is 0.362 e. The molecule has 0 rings (SSSR count). The SMILES string of the molecule is CCCCCCC/C=C\CC/C=C\CCCC(O)(C[N+](C)(C)C)P(=O)(O)O. The summed E-state index contributed by atoms with van der Waals surface area (Å²) in [7, 11) is 0.892. The molecular formula is C21H43NO4P+. The number of unbranched alkanes of at least 4 members (excludes halogenated alkanes) is 7. The molecule has 0 aliphatic carbocycles. The van der Waals surface area contributed by atoms with Crippen LogP contribution < -0.4 is 0 Å². The number of nitrogens with zero attached hydrogens (tertiary/aromatic N) is 1. The number of aliphatic hydroxyl groups is 1. The minimum absolute atomic E-state index is 0.0320. The first kappa shape index (κ1) is 26.6. The van der Waals surface area contributed by atoms with Crippen LogP contribution in [0.15, 0.2) is 24.3 Å². The maximum atomic E-state index is 11.7. The molecule has 1 unspecified atom stereocenters. The van der Waals surface area contributed by atoms with E-state index in [2.05, 4.69) is 25.2 Å². The lowest BCUT2D eigenvalue weighted by Crippen LogP contribution is -2.49. The largest absolute Gasteiger partial charge is 0.373 e. The van der Waals surface area contributed by atoms with Gasteiger partial charge in [0, 0.05) is 0 Å². The van der Waals surface area contributed by atoms with Crippen molar-refractivity contribution in [3.05, 3.63) is 24.3 Å². The van der Waals surface area contributed by atoms with Crippen molar-refractivity contribution in [3.8, 4) is 0 Å². The van der Waals surface area contributed by atoms with Gasteiger partial charge in [-0.05, 0) is 44.9 Å². The molecule has 0 aliphatic heterocycles. The second-order valence-corrected chi connectivity index (χ2v) is 10.5. The predicted molar refractivity (Wildman–Crippen MR) is 115 cm³/mol. The van der Waals surface area contributed by atoms with Gasteiger partial charge in [-0.25, -0.2) is 0 Å². The zero-order chi connectivity index (χ0) is 20.8. The molecule has 0 aliphatic rings. The fourth-order valence-corrected chi connectivity index (χ4v) is 4.17. The Labute approximate surface area is 166 Å². The van der Waals surface area contributed by atoms with E-state index in [1.165, 1.54) is 38.5 Å². The lowest BCUT2D eigenvalue weighted by molar-refractivity contribution is -0.875. The summed E-state index contributed by atoms with van der Waals surface area (Å²) in [6.45, 7) is 2.26. The first-order chi connectivity index (χ1) is 12.5. The second-order valence-electron chi connectivity index (χ2n) is 8.59. The van der Waals surface area contributed by atoms with E-state index in [4.69, 9.17) is 0 Å². The monoisotopic (exact) mass is 404 g/mol. The van der Waals surface area contributed by atoms with Gasteiger partial charge in [0.2, 0.25) is 5.34 Å². The molecule has 3 N–H and O–H groups in total. The summed E-state index contributed by atoms with van der Waals surface area (Å²) < 4.78 is 12.0. The Balaban J connectivity index is 3.96. The molecule has 1 atom stereocenters. The van der Waals surface area contributed by atoms with E-state index < -0.39 is 12.9 Å². The lowest BCUT2D eigenvalue weighted by atomic mass is 10.1. The summed E-state index contributed by atoms with van der Waals surface area (Å²) >= 11 is 0. The van der Waals surface area contributed by atoms with E-state index in [9.17, 15) is 19.5 Å². The van der Waals surface area contributed by atoms with Crippen LogP contribution in [0.25, 0.3) is 0 Å². The van der Waals surface area contributed by atoms with Crippen LogP contribution in [0.1, 0.15) is 77.6 Å². The quantitative estimate of drug-likeness (QED) is 0.147. The molecule has 0 radical (unpaired) electrons. The van der Waals surface area contributed by atoms with Crippen LogP contribution in [0.5, 0.6) is 0 Å². The van der Waals surface area contributed by atoms with Crippen LogP contribution >= 0.6 is 7.60 Å². The number of hydrogen-bond donors (Lipinski definition) is 3. The van der Waals surface area contributed by atoms with Crippen LogP contribution in [0, 0.1) is 0 Å². The topological polar surface area (TPSA) is 77.8 Å². The van der Waals surface area contributed by atoms with Crippen molar-refractivity contribution in [1.82, 2.24) is 0 Å². The Morgan fingerprint density at radius 1 is 0.815 bits per heavy atom. The molecule has 0 amide bonds. The lowest BCUT2D eigenvalue weighted by Gasteiger charge is -2.35. The van der Waals surface area contributed by atoms with Gasteiger partial charge in [0.25, 0.3) is 0 Å². The number of hydrogen-bond acceptors (Lipinski definition) is 2. The Morgan fingerprint density at radius 3 is 1.78 bits per heavy atom. The van der Waals surface area contributed by atoms with Crippen molar-refractivity contribution in [2.24, 2.45) is 0 Å². The van der Waals surface area contributed by atoms with Crippen LogP contribution in [0.3, 0.4) is 0 Å². The average Bonchev–Trinajstić information content (AvgIpc) is 2.52. The predicted octanol–water partition coefficient (Wildman–Crippen LogP) is 4.98. The van der Waals surface area contributed by atoms with Crippen molar-refractivity contribution < 1.29 is 23.9 Å². The molecule has 6 heteroatoms. The van der Waals surface area contributed by atoms with Gasteiger partial charge in [0.05, 0.1) is 21.1 Å². The first-order valence-electron chi connectivity index (χ1n) is 10.4. The van der Waals surface area contributed by atoms with Crippen LogP contribution in [0.4, 0.5) is 0 Å². The third-order valence-corrected chi connectivity index (χ3v) is 5.97. The summed E-state index contributed by atoms with van der Waals surface area (Å²) in [5, 5.41) is 8.52. The number of likely N-dealkylation sites (N-methyl/N-ethyl adjacent to an activating group) is 1. The van der Waals surface area contributed by atoms with Crippen LogP contribution in [-0.2, 0) is 4.57 Å². The first-order valence-corrected chi connectivity index (χ1v) is 12.0. The van der Waals surface area contributed by atoms with E-state index in [0.717, 1.165) is 19.3 Å². The molecule has 0 saturated heterocycles. The molecule has 5 nitrogen and oxygen atoms in total. The average molecular weight is 405 g/mol. The van der Waals surface area contributed by atoms with E-state index in [-0.39, 0.29) is 13.0 Å². The fraction of sp³-hybridized carbons (Fsp3) is 0.810. The van der Waals surface area contributed by atoms with Gasteiger partial charge < -0.3 is 19.4 Å². The zero-order valence-corrected chi connectivity index (χ0v) is 18.8. The third-order valence-electron chi connectivity index (χ3n) is 4.53. The minimum atomic E-state index is -4.56. The Hall–Kier alpha value is -0.450. The van der Waals surface area contributed by atoms with Gasteiger partial charge in [0.1, 0.15) is 6.54 Å². The minimum Gasteiger partial charge on any atom is -0.373 e. The highest BCUT2D eigenvalue weighted by molar-refractivity contribution is 7.53. The highest BCUT2D eigenvalue weighted by Crippen LogP contribution is 2.52. The fourth-order valence-electron chi connectivity index (χ4n) is 3.11. The Kier molecular flexibility index (Phi) is 13.5. The van der Waals surface area contributed by atoms with Crippen molar-refractivity contribution >= 4 is 7.60 Å². The number of rotatable bonds is 16.